The Balaban J connectivity index is 2.54. The summed E-state index contributed by atoms with van der Waals surface area (Å²) in [4.78, 5) is 25.2. The zero-order valence-electron chi connectivity index (χ0n) is 13.0. The maximum atomic E-state index is 12.2. The molecule has 0 saturated heterocycles. The molecule has 7 heteroatoms. The molecule has 0 aromatic heterocycles. The van der Waals surface area contributed by atoms with Gasteiger partial charge >= 0.3 is 5.97 Å². The number of carbonyl (C=O) groups excluding carboxylic acids is 2. The summed E-state index contributed by atoms with van der Waals surface area (Å²) in [6.07, 6.45) is -0.104. The summed E-state index contributed by atoms with van der Waals surface area (Å²) in [6.45, 7) is 0.591. The number of methoxy groups -OCH3 is 2. The van der Waals surface area contributed by atoms with Crippen molar-refractivity contribution >= 4 is 11.9 Å². The molecule has 22 heavy (non-hydrogen) atoms. The van der Waals surface area contributed by atoms with Crippen LogP contribution in [0.15, 0.2) is 0 Å². The predicted octanol–water partition coefficient (Wildman–Crippen LogP) is -0.432. The fourth-order valence-corrected chi connectivity index (χ4v) is 2.09. The number of rotatable bonds is 7. The van der Waals surface area contributed by atoms with Crippen LogP contribution in [0, 0.1) is 11.8 Å². The Labute approximate surface area is 130 Å². The second-order valence-electron chi connectivity index (χ2n) is 4.79. The highest BCUT2D eigenvalue weighted by Crippen LogP contribution is 2.10. The number of ether oxygens (including phenoxy) is 3. The molecule has 0 radical (unpaired) electrons. The van der Waals surface area contributed by atoms with Crippen molar-refractivity contribution in [3.05, 3.63) is 0 Å². The van der Waals surface area contributed by atoms with Gasteiger partial charge in [-0.25, -0.2) is 0 Å². The summed E-state index contributed by atoms with van der Waals surface area (Å²) in [7, 11) is 3.10. The first kappa shape index (κ1) is 18.4. The Morgan fingerprint density at radius 1 is 1.27 bits per heavy atom. The largest absolute Gasteiger partial charge is 0.463 e. The van der Waals surface area contributed by atoms with Crippen molar-refractivity contribution < 1.29 is 28.9 Å². The van der Waals surface area contributed by atoms with Crippen molar-refractivity contribution in [2.75, 3.05) is 40.5 Å². The predicted molar refractivity (Wildman–Crippen MR) is 77.8 cm³/mol. The standard InChI is InChI=1S/C15H23NO6/c1-20-12-5-3-4-8-16(11-13(12)21-2)14(18)6-7-15(19)22-10-9-17/h12-13,17H,4,6-11H2,1-2H3/t12-,13-/m0/s1. The van der Waals surface area contributed by atoms with Crippen molar-refractivity contribution in [3.63, 3.8) is 0 Å². The molecule has 0 saturated carbocycles. The highest BCUT2D eigenvalue weighted by molar-refractivity contribution is 5.81. The van der Waals surface area contributed by atoms with Gasteiger partial charge in [0.2, 0.25) is 5.91 Å². The zero-order chi connectivity index (χ0) is 16.4. The van der Waals surface area contributed by atoms with Crippen LogP contribution in [-0.2, 0) is 23.8 Å². The first-order valence-electron chi connectivity index (χ1n) is 7.20. The van der Waals surface area contributed by atoms with E-state index in [9.17, 15) is 9.59 Å². The van der Waals surface area contributed by atoms with Crippen LogP contribution in [0.1, 0.15) is 19.3 Å². The molecule has 0 spiro atoms. The summed E-state index contributed by atoms with van der Waals surface area (Å²) in [5.74, 6) is 5.29. The first-order valence-corrected chi connectivity index (χ1v) is 7.20. The Morgan fingerprint density at radius 2 is 2.05 bits per heavy atom. The number of aliphatic hydroxyl groups is 1. The summed E-state index contributed by atoms with van der Waals surface area (Å²) in [6, 6.07) is 0. The van der Waals surface area contributed by atoms with E-state index in [-0.39, 0.29) is 44.2 Å². The molecule has 1 heterocycles. The van der Waals surface area contributed by atoms with Crippen molar-refractivity contribution in [2.45, 2.75) is 31.5 Å². The van der Waals surface area contributed by atoms with Gasteiger partial charge in [0.05, 0.1) is 19.6 Å². The molecule has 0 unspecified atom stereocenters. The van der Waals surface area contributed by atoms with Crippen LogP contribution >= 0.6 is 0 Å². The molecular formula is C15H23NO6. The maximum absolute atomic E-state index is 12.2. The third-order valence-electron chi connectivity index (χ3n) is 3.30. The molecule has 7 nitrogen and oxygen atoms in total. The number of carbonyl (C=O) groups is 2. The van der Waals surface area contributed by atoms with Crippen LogP contribution in [0.2, 0.25) is 0 Å². The van der Waals surface area contributed by atoms with Gasteiger partial charge in [-0.05, 0) is 0 Å². The number of nitrogens with zero attached hydrogens (tertiary/aromatic N) is 1. The second-order valence-corrected chi connectivity index (χ2v) is 4.79. The van der Waals surface area contributed by atoms with E-state index in [0.29, 0.717) is 19.5 Å². The number of hydrogen-bond donors (Lipinski definition) is 1. The van der Waals surface area contributed by atoms with Gasteiger partial charge < -0.3 is 24.2 Å². The number of amides is 1. The minimum Gasteiger partial charge on any atom is -0.463 e. The smallest absolute Gasteiger partial charge is 0.306 e. The molecule has 2 atom stereocenters. The molecule has 1 N–H and O–H groups in total. The van der Waals surface area contributed by atoms with E-state index in [4.69, 9.17) is 19.3 Å². The Kier molecular flexibility index (Phi) is 8.51. The molecule has 0 aliphatic carbocycles. The number of aliphatic hydroxyl groups excluding tert-OH is 1. The Hall–Kier alpha value is -1.62. The van der Waals surface area contributed by atoms with Gasteiger partial charge in [0.25, 0.3) is 0 Å². The molecule has 1 aliphatic rings. The third kappa shape index (κ3) is 6.02. The minimum absolute atomic E-state index is 0.00757. The van der Waals surface area contributed by atoms with E-state index >= 15 is 0 Å². The van der Waals surface area contributed by atoms with Crippen LogP contribution in [0.3, 0.4) is 0 Å². The van der Waals surface area contributed by atoms with Crippen molar-refractivity contribution in [2.24, 2.45) is 0 Å². The van der Waals surface area contributed by atoms with Gasteiger partial charge in [0.1, 0.15) is 18.8 Å². The monoisotopic (exact) mass is 313 g/mol. The Morgan fingerprint density at radius 3 is 2.68 bits per heavy atom. The topological polar surface area (TPSA) is 85.3 Å². The van der Waals surface area contributed by atoms with E-state index in [1.807, 2.05) is 0 Å². The molecule has 0 aromatic rings. The van der Waals surface area contributed by atoms with Crippen LogP contribution in [0.25, 0.3) is 0 Å². The highest BCUT2D eigenvalue weighted by Gasteiger charge is 2.26. The van der Waals surface area contributed by atoms with E-state index in [1.165, 1.54) is 0 Å². The fraction of sp³-hybridized carbons (Fsp3) is 0.733. The van der Waals surface area contributed by atoms with Crippen molar-refractivity contribution in [1.82, 2.24) is 4.90 Å². The molecule has 0 aromatic carbocycles. The molecule has 1 rings (SSSR count). The average Bonchev–Trinajstić information content (AvgIpc) is 2.51. The Bertz CT molecular complexity index is 427. The van der Waals surface area contributed by atoms with E-state index in [2.05, 4.69) is 11.8 Å². The normalized spacial score (nSPS) is 21.3. The zero-order valence-corrected chi connectivity index (χ0v) is 13.0. The van der Waals surface area contributed by atoms with Gasteiger partial charge in [0.15, 0.2) is 0 Å². The molecule has 0 fully saturated rings. The fourth-order valence-electron chi connectivity index (χ4n) is 2.09. The second kappa shape index (κ2) is 10.2. The summed E-state index contributed by atoms with van der Waals surface area (Å²) in [5.41, 5.74) is 0. The van der Waals surface area contributed by atoms with Gasteiger partial charge in [-0.3, -0.25) is 9.59 Å². The van der Waals surface area contributed by atoms with Crippen molar-refractivity contribution in [3.8, 4) is 11.8 Å². The summed E-state index contributed by atoms with van der Waals surface area (Å²) < 4.78 is 15.3. The third-order valence-corrected chi connectivity index (χ3v) is 3.30. The van der Waals surface area contributed by atoms with E-state index in [1.54, 1.807) is 19.1 Å². The van der Waals surface area contributed by atoms with E-state index in [0.717, 1.165) is 0 Å². The number of hydrogen-bond acceptors (Lipinski definition) is 6. The molecule has 0 bridgehead atoms. The molecular weight excluding hydrogens is 290 g/mol. The van der Waals surface area contributed by atoms with Crippen LogP contribution in [0.5, 0.6) is 0 Å². The first-order chi connectivity index (χ1) is 10.6. The van der Waals surface area contributed by atoms with Crippen molar-refractivity contribution in [1.29, 1.82) is 0 Å². The average molecular weight is 313 g/mol. The molecule has 124 valence electrons. The lowest BCUT2D eigenvalue weighted by Gasteiger charge is -2.30. The highest BCUT2D eigenvalue weighted by atomic mass is 16.5. The number of esters is 1. The van der Waals surface area contributed by atoms with Crippen LogP contribution in [-0.4, -0.2) is 74.6 Å². The summed E-state index contributed by atoms with van der Waals surface area (Å²) in [5, 5.41) is 8.57. The molecule has 1 amide bonds. The summed E-state index contributed by atoms with van der Waals surface area (Å²) >= 11 is 0. The SMILES string of the molecule is CO[C@H]1C#CCCN(C(=O)CCC(=O)OCCO)C[C@@H]1OC. The van der Waals surface area contributed by atoms with Gasteiger partial charge in [-0.1, -0.05) is 11.8 Å². The van der Waals surface area contributed by atoms with Crippen LogP contribution in [0.4, 0.5) is 0 Å². The lowest BCUT2D eigenvalue weighted by Crippen LogP contribution is -2.44. The maximum Gasteiger partial charge on any atom is 0.306 e. The molecule has 1 aliphatic heterocycles. The van der Waals surface area contributed by atoms with Crippen LogP contribution < -0.4 is 0 Å². The van der Waals surface area contributed by atoms with Gasteiger partial charge in [-0.15, -0.1) is 0 Å². The quantitative estimate of drug-likeness (QED) is 0.507. The lowest BCUT2D eigenvalue weighted by atomic mass is 10.1. The minimum atomic E-state index is -0.493. The van der Waals surface area contributed by atoms with E-state index < -0.39 is 5.97 Å². The van der Waals surface area contributed by atoms with Gasteiger partial charge in [0, 0.05) is 33.6 Å². The lowest BCUT2D eigenvalue weighted by molar-refractivity contribution is -0.147. The van der Waals surface area contributed by atoms with Gasteiger partial charge in [-0.2, -0.15) is 0 Å².